The Kier molecular flexibility index (Phi) is 5.34. The number of aryl methyl sites for hydroxylation is 4. The number of benzene rings is 1. The summed E-state index contributed by atoms with van der Waals surface area (Å²) >= 11 is 1.84. The number of fused-ring (bicyclic) bond motifs is 1. The maximum Gasteiger partial charge on any atom is 0.289 e. The molecule has 1 aliphatic carbocycles. The maximum atomic E-state index is 12.3. The Morgan fingerprint density at radius 2 is 2.04 bits per heavy atom. The molecule has 5 nitrogen and oxygen atoms in total. The molecule has 2 heterocycles. The van der Waals surface area contributed by atoms with Gasteiger partial charge >= 0.3 is 0 Å². The Labute approximate surface area is 162 Å². The molecule has 140 valence electrons. The van der Waals surface area contributed by atoms with Crippen LogP contribution in [0.1, 0.15) is 51.0 Å². The number of thiazole rings is 1. The average molecular weight is 382 g/mol. The van der Waals surface area contributed by atoms with Crippen molar-refractivity contribution < 1.29 is 9.32 Å². The van der Waals surface area contributed by atoms with E-state index < -0.39 is 0 Å². The standard InChI is InChI=1S/C21H23N3O2S/c1-14-8-10-15(11-9-14)17-13-18(26-24-17)21(25)22-12-4-7-20-23-16-5-2-3-6-19(16)27-20/h8-11,13H,2-7,12H2,1H3,(H,22,25). The molecule has 1 amide bonds. The van der Waals surface area contributed by atoms with Crippen molar-refractivity contribution in [3.63, 3.8) is 0 Å². The Morgan fingerprint density at radius 3 is 2.85 bits per heavy atom. The smallest absolute Gasteiger partial charge is 0.289 e. The van der Waals surface area contributed by atoms with Crippen molar-refractivity contribution in [1.29, 1.82) is 0 Å². The monoisotopic (exact) mass is 381 g/mol. The Morgan fingerprint density at radius 1 is 1.22 bits per heavy atom. The lowest BCUT2D eigenvalue weighted by molar-refractivity contribution is 0.0916. The Hall–Kier alpha value is -2.47. The van der Waals surface area contributed by atoms with Crippen molar-refractivity contribution in [3.05, 3.63) is 57.2 Å². The molecule has 1 aliphatic rings. The van der Waals surface area contributed by atoms with E-state index in [1.807, 2.05) is 42.5 Å². The van der Waals surface area contributed by atoms with Gasteiger partial charge in [0.05, 0.1) is 10.7 Å². The fraction of sp³-hybridized carbons (Fsp3) is 0.381. The molecule has 1 aromatic carbocycles. The normalized spacial score (nSPS) is 13.4. The second kappa shape index (κ2) is 8.05. The molecule has 0 spiro atoms. The van der Waals surface area contributed by atoms with Gasteiger partial charge in [0.2, 0.25) is 5.76 Å². The quantitative estimate of drug-likeness (QED) is 0.645. The molecule has 0 radical (unpaired) electrons. The minimum absolute atomic E-state index is 0.223. The van der Waals surface area contributed by atoms with Gasteiger partial charge in [0.15, 0.2) is 0 Å². The predicted molar refractivity (Wildman–Crippen MR) is 106 cm³/mol. The van der Waals surface area contributed by atoms with Crippen LogP contribution in [0.3, 0.4) is 0 Å². The first-order valence-electron chi connectivity index (χ1n) is 9.48. The number of amides is 1. The first kappa shape index (κ1) is 17.9. The molecule has 0 atom stereocenters. The van der Waals surface area contributed by atoms with Crippen molar-refractivity contribution in [3.8, 4) is 11.3 Å². The van der Waals surface area contributed by atoms with Crippen LogP contribution < -0.4 is 5.32 Å². The summed E-state index contributed by atoms with van der Waals surface area (Å²) < 4.78 is 5.21. The molecular formula is C21H23N3O2S. The SMILES string of the molecule is Cc1ccc(-c2cc(C(=O)NCCCc3nc4c(s3)CCCC4)on2)cc1. The summed E-state index contributed by atoms with van der Waals surface area (Å²) in [5.74, 6) is 0.0228. The van der Waals surface area contributed by atoms with Gasteiger partial charge in [-0.25, -0.2) is 4.98 Å². The minimum Gasteiger partial charge on any atom is -0.350 e. The van der Waals surface area contributed by atoms with Gasteiger partial charge in [-0.1, -0.05) is 35.0 Å². The summed E-state index contributed by atoms with van der Waals surface area (Å²) in [6, 6.07) is 9.67. The molecule has 0 unspecified atom stereocenters. The van der Waals surface area contributed by atoms with Crippen LogP contribution in [0.5, 0.6) is 0 Å². The van der Waals surface area contributed by atoms with E-state index in [4.69, 9.17) is 9.51 Å². The van der Waals surface area contributed by atoms with Crippen molar-refractivity contribution in [2.45, 2.75) is 45.4 Å². The third-order valence-corrected chi connectivity index (χ3v) is 6.04. The topological polar surface area (TPSA) is 68.0 Å². The van der Waals surface area contributed by atoms with E-state index >= 15 is 0 Å². The zero-order valence-electron chi connectivity index (χ0n) is 15.5. The van der Waals surface area contributed by atoms with Crippen LogP contribution in [0.25, 0.3) is 11.3 Å². The second-order valence-electron chi connectivity index (χ2n) is 6.99. The average Bonchev–Trinajstić information content (AvgIpc) is 3.32. The Bertz CT molecular complexity index is 904. The van der Waals surface area contributed by atoms with E-state index in [2.05, 4.69) is 10.5 Å². The summed E-state index contributed by atoms with van der Waals surface area (Å²) in [4.78, 5) is 18.5. The lowest BCUT2D eigenvalue weighted by Gasteiger charge is -2.06. The van der Waals surface area contributed by atoms with Crippen LogP contribution in [-0.4, -0.2) is 22.6 Å². The molecule has 1 N–H and O–H groups in total. The maximum absolute atomic E-state index is 12.3. The second-order valence-corrected chi connectivity index (χ2v) is 8.15. The summed E-state index contributed by atoms with van der Waals surface area (Å²) in [6.45, 7) is 2.63. The van der Waals surface area contributed by atoms with Crippen LogP contribution in [0, 0.1) is 6.92 Å². The van der Waals surface area contributed by atoms with Gasteiger partial charge in [-0.15, -0.1) is 11.3 Å². The van der Waals surface area contributed by atoms with E-state index in [9.17, 15) is 4.79 Å². The Balaban J connectivity index is 1.27. The van der Waals surface area contributed by atoms with E-state index in [0.717, 1.165) is 24.8 Å². The number of carbonyl (C=O) groups is 1. The third-order valence-electron chi connectivity index (χ3n) is 4.82. The summed E-state index contributed by atoms with van der Waals surface area (Å²) in [5, 5.41) is 8.11. The molecule has 2 aromatic heterocycles. The molecule has 0 bridgehead atoms. The van der Waals surface area contributed by atoms with Gasteiger partial charge in [0.1, 0.15) is 5.69 Å². The van der Waals surface area contributed by atoms with E-state index in [1.165, 1.54) is 40.4 Å². The molecular weight excluding hydrogens is 358 g/mol. The van der Waals surface area contributed by atoms with E-state index in [1.54, 1.807) is 6.07 Å². The number of hydrogen-bond donors (Lipinski definition) is 1. The first-order valence-corrected chi connectivity index (χ1v) is 10.3. The van der Waals surface area contributed by atoms with Gasteiger partial charge in [-0.2, -0.15) is 0 Å². The van der Waals surface area contributed by atoms with Crippen molar-refractivity contribution in [2.75, 3.05) is 6.54 Å². The molecule has 0 fully saturated rings. The summed E-state index contributed by atoms with van der Waals surface area (Å²) in [5.41, 5.74) is 4.10. The zero-order valence-corrected chi connectivity index (χ0v) is 16.3. The molecule has 6 heteroatoms. The van der Waals surface area contributed by atoms with Crippen LogP contribution in [0.4, 0.5) is 0 Å². The number of nitrogens with zero attached hydrogens (tertiary/aromatic N) is 2. The van der Waals surface area contributed by atoms with E-state index in [-0.39, 0.29) is 11.7 Å². The lowest BCUT2D eigenvalue weighted by Crippen LogP contribution is -2.24. The van der Waals surface area contributed by atoms with Crippen molar-refractivity contribution in [2.24, 2.45) is 0 Å². The highest BCUT2D eigenvalue weighted by molar-refractivity contribution is 7.11. The molecule has 27 heavy (non-hydrogen) atoms. The molecule has 0 aliphatic heterocycles. The van der Waals surface area contributed by atoms with Gasteiger partial charge in [-0.05, 0) is 39.0 Å². The van der Waals surface area contributed by atoms with Gasteiger partial charge in [-0.3, -0.25) is 4.79 Å². The summed E-state index contributed by atoms with van der Waals surface area (Å²) in [7, 11) is 0. The number of carbonyl (C=O) groups excluding carboxylic acids is 1. The number of rotatable bonds is 6. The van der Waals surface area contributed by atoms with Gasteiger partial charge in [0, 0.05) is 29.5 Å². The lowest BCUT2D eigenvalue weighted by atomic mass is 10.0. The molecule has 4 rings (SSSR count). The predicted octanol–water partition coefficient (Wildman–Crippen LogP) is 4.35. The summed E-state index contributed by atoms with van der Waals surface area (Å²) in [6.07, 6.45) is 6.62. The first-order chi connectivity index (χ1) is 13.2. The van der Waals surface area contributed by atoms with Crippen molar-refractivity contribution >= 4 is 17.2 Å². The number of nitrogens with one attached hydrogen (secondary N) is 1. The van der Waals surface area contributed by atoms with Crippen LogP contribution in [-0.2, 0) is 19.3 Å². The zero-order chi connectivity index (χ0) is 18.6. The highest BCUT2D eigenvalue weighted by atomic mass is 32.1. The largest absolute Gasteiger partial charge is 0.350 e. The van der Waals surface area contributed by atoms with E-state index in [0.29, 0.717) is 12.2 Å². The number of hydrogen-bond acceptors (Lipinski definition) is 5. The third kappa shape index (κ3) is 4.27. The van der Waals surface area contributed by atoms with Crippen LogP contribution in [0.15, 0.2) is 34.9 Å². The highest BCUT2D eigenvalue weighted by Crippen LogP contribution is 2.27. The minimum atomic E-state index is -0.223. The highest BCUT2D eigenvalue weighted by Gasteiger charge is 2.16. The van der Waals surface area contributed by atoms with Crippen LogP contribution >= 0.6 is 11.3 Å². The fourth-order valence-corrected chi connectivity index (χ4v) is 4.48. The van der Waals surface area contributed by atoms with Gasteiger partial charge in [0.25, 0.3) is 5.91 Å². The number of aromatic nitrogens is 2. The van der Waals surface area contributed by atoms with Crippen LogP contribution in [0.2, 0.25) is 0 Å². The molecule has 0 saturated heterocycles. The molecule has 0 saturated carbocycles. The van der Waals surface area contributed by atoms with Crippen molar-refractivity contribution in [1.82, 2.24) is 15.5 Å². The van der Waals surface area contributed by atoms with Gasteiger partial charge < -0.3 is 9.84 Å². The fourth-order valence-electron chi connectivity index (χ4n) is 3.28. The molecule has 3 aromatic rings.